The van der Waals surface area contributed by atoms with E-state index in [1.807, 2.05) is 82.5 Å². The van der Waals surface area contributed by atoms with Crippen LogP contribution in [0.1, 0.15) is 88.7 Å². The predicted octanol–water partition coefficient (Wildman–Crippen LogP) is 6.62. The van der Waals surface area contributed by atoms with Crippen LogP contribution in [-0.4, -0.2) is 39.5 Å². The highest BCUT2D eigenvalue weighted by molar-refractivity contribution is 8.93. The Hall–Kier alpha value is -2.42. The number of hydrogen-bond donors (Lipinski definition) is 2. The number of aromatic nitrogens is 2. The summed E-state index contributed by atoms with van der Waals surface area (Å²) >= 11 is 0. The van der Waals surface area contributed by atoms with Crippen molar-refractivity contribution in [1.29, 1.82) is 5.41 Å². The van der Waals surface area contributed by atoms with Crippen LogP contribution >= 0.6 is 17.0 Å². The third-order valence-electron chi connectivity index (χ3n) is 7.29. The lowest BCUT2D eigenvalue weighted by atomic mass is 9.78. The van der Waals surface area contributed by atoms with Crippen LogP contribution in [0, 0.1) is 5.41 Å². The number of nitrogens with zero attached hydrogens (tertiary/aromatic N) is 2. The molecule has 4 rings (SSSR count). The Labute approximate surface area is 242 Å². The zero-order chi connectivity index (χ0) is 27.7. The van der Waals surface area contributed by atoms with Crippen molar-refractivity contribution in [3.8, 4) is 5.75 Å². The second-order valence-electron chi connectivity index (χ2n) is 12.4. The predicted molar refractivity (Wildman–Crippen MR) is 160 cm³/mol. The molecule has 1 atom stereocenters. The highest BCUT2D eigenvalue weighted by Crippen LogP contribution is 2.40. The Morgan fingerprint density at radius 1 is 1.03 bits per heavy atom. The number of aryl methyl sites for hydroxylation is 1. The number of ether oxygens (including phenoxy) is 2. The minimum absolute atomic E-state index is 0. The van der Waals surface area contributed by atoms with Crippen molar-refractivity contribution in [2.24, 2.45) is 0 Å². The average molecular weight is 603 g/mol. The summed E-state index contributed by atoms with van der Waals surface area (Å²) in [7, 11) is 0. The van der Waals surface area contributed by atoms with Crippen molar-refractivity contribution in [3.63, 3.8) is 0 Å². The maximum Gasteiger partial charge on any atom is 0.203 e. The van der Waals surface area contributed by atoms with Crippen LogP contribution in [0.2, 0.25) is 0 Å². The number of carbonyl (C=O) groups excluding carboxylic acids is 1. The normalized spacial score (nSPS) is 16.3. The molecule has 0 bridgehead atoms. The highest BCUT2D eigenvalue weighted by atomic mass is 79.9. The molecule has 1 unspecified atom stereocenters. The molecule has 1 aliphatic rings. The maximum atomic E-state index is 13.7. The molecule has 2 aromatic carbocycles. The number of fused-ring (bicyclic) bond motifs is 1. The van der Waals surface area contributed by atoms with Crippen molar-refractivity contribution in [3.05, 3.63) is 58.7 Å². The summed E-state index contributed by atoms with van der Waals surface area (Å²) in [4.78, 5) is 13.7. The lowest BCUT2D eigenvalue weighted by Gasteiger charge is -2.28. The van der Waals surface area contributed by atoms with Gasteiger partial charge in [-0.15, -0.1) is 17.0 Å². The van der Waals surface area contributed by atoms with E-state index in [4.69, 9.17) is 14.9 Å². The zero-order valence-electron chi connectivity index (χ0n) is 24.2. The van der Waals surface area contributed by atoms with E-state index in [2.05, 4.69) is 0 Å². The van der Waals surface area contributed by atoms with Gasteiger partial charge >= 0.3 is 0 Å². The Balaban J connectivity index is 0.00000420. The summed E-state index contributed by atoms with van der Waals surface area (Å²) in [5.74, 6) is 0.174. The summed E-state index contributed by atoms with van der Waals surface area (Å²) in [5, 5.41) is 20.0. The quantitative estimate of drug-likeness (QED) is 0.224. The third-order valence-corrected chi connectivity index (χ3v) is 7.29. The molecule has 3 aromatic rings. The Morgan fingerprint density at radius 3 is 2.15 bits per heavy atom. The Morgan fingerprint density at radius 2 is 1.62 bits per heavy atom. The van der Waals surface area contributed by atoms with Crippen LogP contribution in [0.4, 0.5) is 0 Å². The second-order valence-corrected chi connectivity index (χ2v) is 12.4. The lowest BCUT2D eigenvalue weighted by Crippen LogP contribution is -2.28. The first-order valence-electron chi connectivity index (χ1n) is 13.7. The van der Waals surface area contributed by atoms with Crippen LogP contribution in [0.5, 0.6) is 5.75 Å². The molecular formula is C31H44BrN3O4. The fourth-order valence-corrected chi connectivity index (χ4v) is 5.13. The van der Waals surface area contributed by atoms with Crippen LogP contribution in [-0.2, 0) is 33.4 Å². The van der Waals surface area contributed by atoms with Crippen LogP contribution in [0.25, 0.3) is 11.0 Å². The van der Waals surface area contributed by atoms with Gasteiger partial charge in [-0.25, -0.2) is 0 Å². The van der Waals surface area contributed by atoms with Gasteiger partial charge in [0.15, 0.2) is 12.1 Å². The number of benzene rings is 2. The molecule has 2 heterocycles. The number of halogens is 1. The van der Waals surface area contributed by atoms with E-state index in [0.717, 1.165) is 54.5 Å². The molecule has 2 N–H and O–H groups in total. The molecule has 1 aliphatic heterocycles. The molecule has 0 spiro atoms. The lowest BCUT2D eigenvalue weighted by molar-refractivity contribution is -0.163. The SMILES string of the molecule is Br.CC(C)(C)c1cc(C(=O)Cn2c(=N)n(CCCOC3CCCCO3)c3ccccc32)cc(C(C)(C)C)c1O. The molecule has 1 fully saturated rings. The number of rotatable bonds is 8. The van der Waals surface area contributed by atoms with Crippen molar-refractivity contribution in [2.75, 3.05) is 13.2 Å². The number of para-hydroxylation sites is 2. The molecule has 0 saturated carbocycles. The number of carbonyl (C=O) groups is 1. The van der Waals surface area contributed by atoms with Crippen LogP contribution in [0.15, 0.2) is 36.4 Å². The number of nitrogens with one attached hydrogen (secondary N) is 1. The molecule has 8 heteroatoms. The van der Waals surface area contributed by atoms with Gasteiger partial charge in [0.25, 0.3) is 0 Å². The first-order valence-corrected chi connectivity index (χ1v) is 13.7. The fourth-order valence-electron chi connectivity index (χ4n) is 5.13. The van der Waals surface area contributed by atoms with E-state index in [1.165, 1.54) is 0 Å². The minimum Gasteiger partial charge on any atom is -0.507 e. The van der Waals surface area contributed by atoms with E-state index in [1.54, 1.807) is 4.57 Å². The second kappa shape index (κ2) is 12.4. The van der Waals surface area contributed by atoms with Gasteiger partial charge < -0.3 is 23.7 Å². The smallest absolute Gasteiger partial charge is 0.203 e. The summed E-state index contributed by atoms with van der Waals surface area (Å²) < 4.78 is 15.3. The molecule has 1 saturated heterocycles. The molecule has 0 radical (unpaired) electrons. The standard InChI is InChI=1S/C31H43N3O4.BrH/c1-30(2,3)22-18-21(19-23(28(22)36)31(4,5)6)26(35)20-34-25-13-8-7-12-24(25)33(29(34)32)15-11-17-38-27-14-9-10-16-37-27;/h7-8,12-13,18-19,27,32,36H,9-11,14-17,20H2,1-6H3;1H. The van der Waals surface area contributed by atoms with Gasteiger partial charge in [0.05, 0.1) is 24.2 Å². The monoisotopic (exact) mass is 601 g/mol. The summed E-state index contributed by atoms with van der Waals surface area (Å²) in [6.07, 6.45) is 3.79. The van der Waals surface area contributed by atoms with Gasteiger partial charge in [-0.3, -0.25) is 10.2 Å². The average Bonchev–Trinajstić information content (AvgIpc) is 3.11. The summed E-state index contributed by atoms with van der Waals surface area (Å²) in [6.45, 7) is 14.2. The van der Waals surface area contributed by atoms with E-state index < -0.39 is 0 Å². The van der Waals surface area contributed by atoms with Gasteiger partial charge in [0.2, 0.25) is 5.62 Å². The van der Waals surface area contributed by atoms with E-state index in [9.17, 15) is 9.90 Å². The largest absolute Gasteiger partial charge is 0.507 e. The molecule has 39 heavy (non-hydrogen) atoms. The third kappa shape index (κ3) is 7.02. The summed E-state index contributed by atoms with van der Waals surface area (Å²) in [5.41, 5.74) is 3.50. The molecule has 7 nitrogen and oxygen atoms in total. The minimum atomic E-state index is -0.325. The first-order chi connectivity index (χ1) is 17.9. The van der Waals surface area contributed by atoms with Crippen molar-refractivity contribution < 1.29 is 19.4 Å². The van der Waals surface area contributed by atoms with Gasteiger partial charge in [0, 0.05) is 29.8 Å². The number of phenols is 1. The maximum absolute atomic E-state index is 13.7. The van der Waals surface area contributed by atoms with Gasteiger partial charge in [-0.1, -0.05) is 53.7 Å². The topological polar surface area (TPSA) is 89.5 Å². The van der Waals surface area contributed by atoms with Gasteiger partial charge in [0.1, 0.15) is 5.75 Å². The zero-order valence-corrected chi connectivity index (χ0v) is 25.9. The number of phenolic OH excluding ortho intramolecular Hbond substituents is 1. The van der Waals surface area contributed by atoms with Gasteiger partial charge in [-0.05, 0) is 60.8 Å². The first kappa shape index (κ1) is 31.1. The Kier molecular flexibility index (Phi) is 9.89. The van der Waals surface area contributed by atoms with Crippen LogP contribution < -0.4 is 5.62 Å². The number of aromatic hydroxyl groups is 1. The molecule has 1 aromatic heterocycles. The summed E-state index contributed by atoms with van der Waals surface area (Å²) in [6, 6.07) is 11.5. The van der Waals surface area contributed by atoms with Gasteiger partial charge in [-0.2, -0.15) is 0 Å². The van der Waals surface area contributed by atoms with Crippen molar-refractivity contribution >= 4 is 33.8 Å². The number of imidazole rings is 1. The van der Waals surface area contributed by atoms with Crippen molar-refractivity contribution in [1.82, 2.24) is 9.13 Å². The molecule has 0 aliphatic carbocycles. The van der Waals surface area contributed by atoms with Crippen LogP contribution in [0.3, 0.4) is 0 Å². The molecular weight excluding hydrogens is 558 g/mol. The van der Waals surface area contributed by atoms with E-state index in [0.29, 0.717) is 24.3 Å². The Bertz CT molecular complexity index is 1320. The van der Waals surface area contributed by atoms with E-state index >= 15 is 0 Å². The number of hydrogen-bond acceptors (Lipinski definition) is 5. The number of ketones is 1. The highest BCUT2D eigenvalue weighted by Gasteiger charge is 2.28. The van der Waals surface area contributed by atoms with Crippen molar-refractivity contribution in [2.45, 2.75) is 97.4 Å². The number of Topliss-reactive ketones (excluding diaryl/α,β-unsaturated/α-hetero) is 1. The molecule has 0 amide bonds. The fraction of sp³-hybridized carbons (Fsp3) is 0.548. The van der Waals surface area contributed by atoms with E-state index in [-0.39, 0.29) is 52.2 Å². The molecule has 214 valence electrons.